The van der Waals surface area contributed by atoms with Gasteiger partial charge < -0.3 is 0 Å². The van der Waals surface area contributed by atoms with Crippen LogP contribution < -0.4 is 0 Å². The lowest BCUT2D eigenvalue weighted by Crippen LogP contribution is -1.81. The molecule has 1 aromatic rings. The van der Waals surface area contributed by atoms with E-state index in [1.54, 1.807) is 0 Å². The van der Waals surface area contributed by atoms with Gasteiger partial charge in [0.05, 0.1) is 0 Å². The average molecular weight is 228 g/mol. The van der Waals surface area contributed by atoms with Crippen molar-refractivity contribution in [2.45, 2.75) is 18.2 Å². The first-order valence-corrected chi connectivity index (χ1v) is 5.15. The predicted molar refractivity (Wildman–Crippen MR) is 52.6 cm³/mol. The summed E-state index contributed by atoms with van der Waals surface area (Å²) in [4.78, 5) is 1.41. The fourth-order valence-electron chi connectivity index (χ4n) is 1.26. The van der Waals surface area contributed by atoms with Gasteiger partial charge in [-0.3, -0.25) is 0 Å². The molecule has 0 saturated carbocycles. The molecular formula is C9H8BrS. The van der Waals surface area contributed by atoms with Crippen molar-refractivity contribution in [2.24, 2.45) is 0 Å². The molecular weight excluding hydrogens is 220 g/mol. The lowest BCUT2D eigenvalue weighted by Gasteiger charge is -1.96. The Labute approximate surface area is 79.5 Å². The number of halogens is 1. The summed E-state index contributed by atoms with van der Waals surface area (Å²) in [6, 6.07) is 6.50. The summed E-state index contributed by atoms with van der Waals surface area (Å²) in [6.45, 7) is 2.19. The fraction of sp³-hybridized carbons (Fsp3) is 0.222. The highest BCUT2D eigenvalue weighted by Crippen LogP contribution is 2.42. The van der Waals surface area contributed by atoms with E-state index in [9.17, 15) is 0 Å². The van der Waals surface area contributed by atoms with E-state index in [0.29, 0.717) is 0 Å². The van der Waals surface area contributed by atoms with E-state index < -0.39 is 0 Å². The zero-order valence-corrected chi connectivity index (χ0v) is 8.63. The summed E-state index contributed by atoms with van der Waals surface area (Å²) in [7, 11) is 0. The van der Waals surface area contributed by atoms with E-state index in [-0.39, 0.29) is 0 Å². The molecule has 0 spiro atoms. The largest absolute Gasteiger partial charge is 0.117 e. The monoisotopic (exact) mass is 227 g/mol. The third kappa shape index (κ3) is 1.47. The minimum absolute atomic E-state index is 1.15. The highest BCUT2D eigenvalue weighted by atomic mass is 79.9. The fourth-order valence-corrected chi connectivity index (χ4v) is 2.83. The van der Waals surface area contributed by atoms with Crippen LogP contribution in [0, 0.1) is 5.25 Å². The molecule has 1 aliphatic rings. The second-order valence-corrected chi connectivity index (χ2v) is 4.99. The van der Waals surface area contributed by atoms with Gasteiger partial charge in [0.1, 0.15) is 0 Å². The molecule has 0 saturated heterocycles. The van der Waals surface area contributed by atoms with Gasteiger partial charge in [0.2, 0.25) is 0 Å². The summed E-state index contributed by atoms with van der Waals surface area (Å²) in [5.41, 5.74) is 1.47. The minimum atomic E-state index is 1.15. The molecule has 0 atom stereocenters. The molecule has 0 bridgehead atoms. The maximum Gasteiger partial charge on any atom is 0.0370 e. The van der Waals surface area contributed by atoms with Crippen LogP contribution in [0.2, 0.25) is 0 Å². The molecule has 57 valence electrons. The van der Waals surface area contributed by atoms with E-state index in [1.165, 1.54) is 20.2 Å². The normalized spacial score (nSPS) is 16.9. The van der Waals surface area contributed by atoms with Gasteiger partial charge >= 0.3 is 0 Å². The van der Waals surface area contributed by atoms with Gasteiger partial charge in [-0.2, -0.15) is 0 Å². The summed E-state index contributed by atoms with van der Waals surface area (Å²) >= 11 is 5.35. The molecule has 2 heteroatoms. The maximum absolute atomic E-state index is 3.46. The van der Waals surface area contributed by atoms with Gasteiger partial charge in [0.25, 0.3) is 0 Å². The molecule has 0 aromatic heterocycles. The molecule has 0 nitrogen and oxygen atoms in total. The predicted octanol–water partition coefficient (Wildman–Crippen LogP) is 3.65. The summed E-state index contributed by atoms with van der Waals surface area (Å²) in [5.74, 6) is 0. The summed E-state index contributed by atoms with van der Waals surface area (Å²) in [6.07, 6.45) is 1.15. The number of thioether (sulfide) groups is 1. The zero-order chi connectivity index (χ0) is 7.84. The van der Waals surface area contributed by atoms with Crippen LogP contribution in [0.15, 0.2) is 27.6 Å². The van der Waals surface area contributed by atoms with Gasteiger partial charge in [0, 0.05) is 14.6 Å². The van der Waals surface area contributed by atoms with Crippen molar-refractivity contribution < 1.29 is 0 Å². The van der Waals surface area contributed by atoms with E-state index in [0.717, 1.165) is 6.42 Å². The van der Waals surface area contributed by atoms with Crippen LogP contribution in [0.4, 0.5) is 0 Å². The molecule has 0 aliphatic carbocycles. The lowest BCUT2D eigenvalue weighted by molar-refractivity contribution is 1.10. The molecule has 0 amide bonds. The van der Waals surface area contributed by atoms with Crippen LogP contribution in [0.1, 0.15) is 12.5 Å². The van der Waals surface area contributed by atoms with Gasteiger partial charge in [-0.1, -0.05) is 22.0 Å². The van der Waals surface area contributed by atoms with Crippen LogP contribution in [0.5, 0.6) is 0 Å². The van der Waals surface area contributed by atoms with Gasteiger partial charge in [-0.15, -0.1) is 11.8 Å². The second-order valence-electron chi connectivity index (χ2n) is 2.73. The zero-order valence-electron chi connectivity index (χ0n) is 6.23. The van der Waals surface area contributed by atoms with E-state index in [4.69, 9.17) is 0 Å². The second kappa shape index (κ2) is 2.83. The molecule has 0 unspecified atom stereocenters. The molecule has 1 aliphatic heterocycles. The summed E-state index contributed by atoms with van der Waals surface area (Å²) < 4.78 is 1.18. The van der Waals surface area contributed by atoms with Crippen molar-refractivity contribution >= 4 is 27.7 Å². The van der Waals surface area contributed by atoms with Crippen LogP contribution >= 0.6 is 27.7 Å². The van der Waals surface area contributed by atoms with Crippen molar-refractivity contribution in [1.82, 2.24) is 0 Å². The van der Waals surface area contributed by atoms with Crippen LogP contribution in [0.25, 0.3) is 0 Å². The third-order valence-corrected chi connectivity index (χ3v) is 3.34. The maximum atomic E-state index is 3.46. The number of hydrogen-bond acceptors (Lipinski definition) is 1. The Morgan fingerprint density at radius 2 is 2.27 bits per heavy atom. The topological polar surface area (TPSA) is 0 Å². The van der Waals surface area contributed by atoms with Crippen molar-refractivity contribution in [3.05, 3.63) is 33.5 Å². The Morgan fingerprint density at radius 3 is 3.09 bits per heavy atom. The van der Waals surface area contributed by atoms with E-state index in [1.807, 2.05) is 11.8 Å². The quantitative estimate of drug-likeness (QED) is 0.653. The van der Waals surface area contributed by atoms with Gasteiger partial charge in [0.15, 0.2) is 0 Å². The SMILES string of the molecule is C[C]1Cc2ccc(Br)cc2S1. The smallest absolute Gasteiger partial charge is 0.0370 e. The number of fused-ring (bicyclic) bond motifs is 1. The van der Waals surface area contributed by atoms with Crippen LogP contribution in [0.3, 0.4) is 0 Å². The minimum Gasteiger partial charge on any atom is -0.117 e. The van der Waals surface area contributed by atoms with Crippen molar-refractivity contribution in [1.29, 1.82) is 0 Å². The first kappa shape index (κ1) is 7.69. The van der Waals surface area contributed by atoms with Crippen LogP contribution in [-0.2, 0) is 6.42 Å². The molecule has 1 heterocycles. The Bertz CT molecular complexity index is 283. The standard InChI is InChI=1S/C9H8BrS/c1-6-4-7-2-3-8(10)5-9(7)11-6/h2-3,5H,4H2,1H3. The Kier molecular flexibility index (Phi) is 1.98. The highest BCUT2D eigenvalue weighted by Gasteiger charge is 2.18. The summed E-state index contributed by atoms with van der Waals surface area (Å²) in [5, 5.41) is 1.50. The molecule has 0 N–H and O–H groups in total. The number of rotatable bonds is 0. The highest BCUT2D eigenvalue weighted by molar-refractivity contribution is 9.10. The van der Waals surface area contributed by atoms with E-state index in [2.05, 4.69) is 41.1 Å². The average Bonchev–Trinajstić information content (AvgIpc) is 2.27. The van der Waals surface area contributed by atoms with Gasteiger partial charge in [-0.05, 0) is 31.0 Å². The van der Waals surface area contributed by atoms with Crippen LogP contribution in [-0.4, -0.2) is 0 Å². The Hall–Kier alpha value is 0.0500. The van der Waals surface area contributed by atoms with E-state index >= 15 is 0 Å². The lowest BCUT2D eigenvalue weighted by atomic mass is 10.1. The van der Waals surface area contributed by atoms with Crippen molar-refractivity contribution in [3.63, 3.8) is 0 Å². The molecule has 0 fully saturated rings. The molecule has 1 aromatic carbocycles. The third-order valence-electron chi connectivity index (χ3n) is 1.75. The van der Waals surface area contributed by atoms with Crippen molar-refractivity contribution in [2.75, 3.05) is 0 Å². The first-order chi connectivity index (χ1) is 5.25. The molecule has 1 radical (unpaired) electrons. The van der Waals surface area contributed by atoms with Crippen molar-refractivity contribution in [3.8, 4) is 0 Å². The van der Waals surface area contributed by atoms with Gasteiger partial charge in [-0.25, -0.2) is 0 Å². The first-order valence-electron chi connectivity index (χ1n) is 3.54. The number of hydrogen-bond donors (Lipinski definition) is 0. The number of benzene rings is 1. The molecule has 2 rings (SSSR count). The Morgan fingerprint density at radius 1 is 1.45 bits per heavy atom. The Balaban J connectivity index is 2.43. The molecule has 11 heavy (non-hydrogen) atoms.